The highest BCUT2D eigenvalue weighted by molar-refractivity contribution is 7.89. The average Bonchev–Trinajstić information content (AvgIpc) is 2.79. The molecule has 0 bridgehead atoms. The number of sulfonamides is 1. The van der Waals surface area contributed by atoms with Crippen molar-refractivity contribution in [2.75, 3.05) is 18.5 Å². The maximum absolute atomic E-state index is 12.3. The summed E-state index contributed by atoms with van der Waals surface area (Å²) < 4.78 is 22.5. The van der Waals surface area contributed by atoms with Gasteiger partial charge in [-0.2, -0.15) is 0 Å². The van der Waals surface area contributed by atoms with Gasteiger partial charge in [-0.1, -0.05) is 23.7 Å². The molecule has 1 amide bonds. The first-order valence-corrected chi connectivity index (χ1v) is 9.44. The number of hydrogen-bond acceptors (Lipinski definition) is 4. The third-order valence-corrected chi connectivity index (χ3v) is 5.17. The van der Waals surface area contributed by atoms with Crippen LogP contribution in [0.5, 0.6) is 0 Å². The Kier molecular flexibility index (Phi) is 4.64. The van der Waals surface area contributed by atoms with Gasteiger partial charge >= 0.3 is 0 Å². The molecule has 2 N–H and O–H groups in total. The molecule has 0 saturated heterocycles. The number of carbonyl (C=O) groups excluding carboxylic acids is 1. The molecule has 6 nitrogen and oxygen atoms in total. The van der Waals surface area contributed by atoms with E-state index in [4.69, 9.17) is 16.7 Å². The zero-order valence-electron chi connectivity index (χ0n) is 13.4. The van der Waals surface area contributed by atoms with Crippen LogP contribution in [0.25, 0.3) is 0 Å². The minimum absolute atomic E-state index is 0.0683. The molecule has 0 spiro atoms. The molecule has 0 atom stereocenters. The molecule has 1 aliphatic heterocycles. The standard InChI is InChI=1S/C17H16ClN3O3S/c1-21-15-7-4-12(18)10-14(15)16(17(21)22)20-9-8-11-2-5-13(6-3-11)25(19,23)24/h2-7,10H,8-9H2,1H3,(H2,19,23,24). The SMILES string of the molecule is CN1C(=O)C(=NCCc2ccc(S(N)(=O)=O)cc2)c2cc(Cl)ccc21. The maximum Gasteiger partial charge on any atom is 0.276 e. The molecule has 0 aliphatic carbocycles. The number of rotatable bonds is 4. The van der Waals surface area contributed by atoms with Crippen LogP contribution in [0.15, 0.2) is 52.4 Å². The fourth-order valence-corrected chi connectivity index (χ4v) is 3.36. The molecule has 0 unspecified atom stereocenters. The van der Waals surface area contributed by atoms with Crippen molar-refractivity contribution in [2.45, 2.75) is 11.3 Å². The van der Waals surface area contributed by atoms with E-state index in [1.165, 1.54) is 12.1 Å². The van der Waals surface area contributed by atoms with Crippen LogP contribution in [-0.4, -0.2) is 33.6 Å². The molecule has 1 aliphatic rings. The monoisotopic (exact) mass is 377 g/mol. The summed E-state index contributed by atoms with van der Waals surface area (Å²) in [4.78, 5) is 18.4. The van der Waals surface area contributed by atoms with Crippen molar-refractivity contribution >= 4 is 38.9 Å². The van der Waals surface area contributed by atoms with Gasteiger partial charge in [0.15, 0.2) is 0 Å². The summed E-state index contributed by atoms with van der Waals surface area (Å²) >= 11 is 6.02. The van der Waals surface area contributed by atoms with Crippen LogP contribution >= 0.6 is 11.6 Å². The largest absolute Gasteiger partial charge is 0.309 e. The molecule has 0 fully saturated rings. The van der Waals surface area contributed by atoms with Crippen molar-refractivity contribution in [3.63, 3.8) is 0 Å². The van der Waals surface area contributed by atoms with Gasteiger partial charge in [-0.3, -0.25) is 9.79 Å². The molecular formula is C17H16ClN3O3S. The third-order valence-electron chi connectivity index (χ3n) is 4.00. The van der Waals surface area contributed by atoms with Crippen molar-refractivity contribution < 1.29 is 13.2 Å². The van der Waals surface area contributed by atoms with Crippen LogP contribution in [0.4, 0.5) is 5.69 Å². The molecule has 2 aromatic rings. The second-order valence-corrected chi connectivity index (χ2v) is 7.69. The number of primary sulfonamides is 1. The van der Waals surface area contributed by atoms with Crippen LogP contribution in [0.2, 0.25) is 5.02 Å². The van der Waals surface area contributed by atoms with E-state index in [2.05, 4.69) is 4.99 Å². The second kappa shape index (κ2) is 6.59. The zero-order valence-corrected chi connectivity index (χ0v) is 15.0. The van der Waals surface area contributed by atoms with Crippen LogP contribution < -0.4 is 10.0 Å². The van der Waals surface area contributed by atoms with Gasteiger partial charge in [0.25, 0.3) is 5.91 Å². The van der Waals surface area contributed by atoms with Gasteiger partial charge in [-0.25, -0.2) is 13.6 Å². The summed E-state index contributed by atoms with van der Waals surface area (Å²) in [7, 11) is -2.00. The summed E-state index contributed by atoms with van der Waals surface area (Å²) in [5.74, 6) is -0.165. The minimum atomic E-state index is -3.69. The zero-order chi connectivity index (χ0) is 18.2. The van der Waals surface area contributed by atoms with E-state index in [1.807, 2.05) is 0 Å². The van der Waals surface area contributed by atoms with E-state index in [9.17, 15) is 13.2 Å². The molecule has 0 radical (unpaired) electrons. The average molecular weight is 378 g/mol. The van der Waals surface area contributed by atoms with Crippen molar-refractivity contribution in [1.82, 2.24) is 0 Å². The fourth-order valence-electron chi connectivity index (χ4n) is 2.67. The highest BCUT2D eigenvalue weighted by Gasteiger charge is 2.31. The first-order valence-electron chi connectivity index (χ1n) is 7.51. The Morgan fingerprint density at radius 2 is 1.84 bits per heavy atom. The number of amides is 1. The molecular weight excluding hydrogens is 362 g/mol. The lowest BCUT2D eigenvalue weighted by Crippen LogP contribution is -2.25. The van der Waals surface area contributed by atoms with E-state index in [0.29, 0.717) is 23.7 Å². The van der Waals surface area contributed by atoms with Crippen molar-refractivity contribution in [1.29, 1.82) is 0 Å². The van der Waals surface area contributed by atoms with E-state index in [-0.39, 0.29) is 10.8 Å². The van der Waals surface area contributed by atoms with Gasteiger partial charge in [0.2, 0.25) is 10.0 Å². The Labute approximate surface area is 151 Å². The summed E-state index contributed by atoms with van der Waals surface area (Å²) in [5, 5.41) is 5.62. The number of likely N-dealkylation sites (N-methyl/N-ethyl adjacent to an activating group) is 1. The van der Waals surface area contributed by atoms with Crippen LogP contribution in [0.3, 0.4) is 0 Å². The number of aliphatic imine (C=N–C) groups is 1. The molecule has 0 aromatic heterocycles. The summed E-state index contributed by atoms with van der Waals surface area (Å²) in [6, 6.07) is 11.6. The number of nitrogens with zero attached hydrogens (tertiary/aromatic N) is 2. The number of hydrogen-bond donors (Lipinski definition) is 1. The Bertz CT molecular complexity index is 969. The van der Waals surface area contributed by atoms with Gasteiger partial charge in [0, 0.05) is 24.2 Å². The van der Waals surface area contributed by atoms with Crippen LogP contribution in [0, 0.1) is 0 Å². The van der Waals surface area contributed by atoms with Crippen LogP contribution in [-0.2, 0) is 21.2 Å². The number of carbonyl (C=O) groups is 1. The van der Waals surface area contributed by atoms with E-state index >= 15 is 0 Å². The first-order chi connectivity index (χ1) is 11.8. The van der Waals surface area contributed by atoms with Gasteiger partial charge in [-0.05, 0) is 42.3 Å². The second-order valence-electron chi connectivity index (χ2n) is 5.69. The lowest BCUT2D eigenvalue weighted by atomic mass is 10.1. The van der Waals surface area contributed by atoms with Crippen LogP contribution in [0.1, 0.15) is 11.1 Å². The van der Waals surface area contributed by atoms with Gasteiger partial charge in [0.05, 0.1) is 10.6 Å². The summed E-state index contributed by atoms with van der Waals surface area (Å²) in [6.45, 7) is 0.398. The summed E-state index contributed by atoms with van der Waals surface area (Å²) in [6.07, 6.45) is 0.571. The topological polar surface area (TPSA) is 92.8 Å². The molecule has 130 valence electrons. The van der Waals surface area contributed by atoms with Gasteiger partial charge in [-0.15, -0.1) is 0 Å². The summed E-state index contributed by atoms with van der Waals surface area (Å²) in [5.41, 5.74) is 2.80. The predicted octanol–water partition coefficient (Wildman–Crippen LogP) is 2.00. The molecule has 0 saturated carbocycles. The smallest absolute Gasteiger partial charge is 0.276 e. The van der Waals surface area contributed by atoms with E-state index in [1.54, 1.807) is 42.3 Å². The molecule has 25 heavy (non-hydrogen) atoms. The Morgan fingerprint density at radius 1 is 1.16 bits per heavy atom. The van der Waals surface area contributed by atoms with Gasteiger partial charge in [0.1, 0.15) is 5.71 Å². The fraction of sp³-hybridized carbons (Fsp3) is 0.176. The molecule has 1 heterocycles. The van der Waals surface area contributed by atoms with Gasteiger partial charge < -0.3 is 4.90 Å². The number of nitrogens with two attached hydrogens (primary N) is 1. The Hall–Kier alpha value is -2.22. The van der Waals surface area contributed by atoms with E-state index < -0.39 is 10.0 Å². The third kappa shape index (κ3) is 3.58. The number of anilines is 1. The predicted molar refractivity (Wildman–Crippen MR) is 97.8 cm³/mol. The first kappa shape index (κ1) is 17.6. The highest BCUT2D eigenvalue weighted by atomic mass is 35.5. The highest BCUT2D eigenvalue weighted by Crippen LogP contribution is 2.30. The lowest BCUT2D eigenvalue weighted by Gasteiger charge is -2.08. The molecule has 3 rings (SSSR count). The van der Waals surface area contributed by atoms with Crippen molar-refractivity contribution in [3.8, 4) is 0 Å². The van der Waals surface area contributed by atoms with Crippen molar-refractivity contribution in [2.24, 2.45) is 10.1 Å². The number of halogens is 1. The van der Waals surface area contributed by atoms with E-state index in [0.717, 1.165) is 16.8 Å². The molecule has 8 heteroatoms. The maximum atomic E-state index is 12.3. The normalized spacial score (nSPS) is 15.7. The minimum Gasteiger partial charge on any atom is -0.309 e. The molecule has 2 aromatic carbocycles. The van der Waals surface area contributed by atoms with Crippen molar-refractivity contribution in [3.05, 3.63) is 58.6 Å². The lowest BCUT2D eigenvalue weighted by molar-refractivity contribution is -0.111. The number of fused-ring (bicyclic) bond motifs is 1. The Balaban J connectivity index is 1.77. The number of benzene rings is 2. The quantitative estimate of drug-likeness (QED) is 0.883. The Morgan fingerprint density at radius 3 is 2.48 bits per heavy atom.